The van der Waals surface area contributed by atoms with E-state index in [1.54, 1.807) is 24.1 Å². The van der Waals surface area contributed by atoms with Crippen LogP contribution in [0.25, 0.3) is 6.08 Å². The van der Waals surface area contributed by atoms with E-state index in [1.807, 2.05) is 18.2 Å². The van der Waals surface area contributed by atoms with Gasteiger partial charge in [-0.2, -0.15) is 0 Å². The minimum atomic E-state index is -0.114. The van der Waals surface area contributed by atoms with E-state index in [1.165, 1.54) is 0 Å². The van der Waals surface area contributed by atoms with Gasteiger partial charge in [-0.1, -0.05) is 6.07 Å². The van der Waals surface area contributed by atoms with Crippen LogP contribution >= 0.6 is 0 Å². The van der Waals surface area contributed by atoms with E-state index in [2.05, 4.69) is 5.32 Å². The first-order valence-electron chi connectivity index (χ1n) is 7.75. The molecule has 6 heteroatoms. The lowest BCUT2D eigenvalue weighted by Gasteiger charge is -2.31. The number of ether oxygens (including phenoxy) is 2. The molecule has 0 aliphatic carbocycles. The number of amides is 2. The van der Waals surface area contributed by atoms with Crippen molar-refractivity contribution in [3.63, 3.8) is 0 Å². The van der Waals surface area contributed by atoms with Crippen LogP contribution in [0.4, 0.5) is 0 Å². The first-order valence-corrected chi connectivity index (χ1v) is 7.75. The molecule has 6 nitrogen and oxygen atoms in total. The zero-order chi connectivity index (χ0) is 16.2. The normalized spacial score (nSPS) is 19.9. The molecule has 122 valence electrons. The number of likely N-dealkylation sites (tertiary alicyclic amines) is 1. The van der Waals surface area contributed by atoms with Crippen LogP contribution in [-0.2, 0) is 9.59 Å². The lowest BCUT2D eigenvalue weighted by Crippen LogP contribution is -2.44. The molecule has 2 aliphatic rings. The number of rotatable bonds is 3. The molecule has 2 heterocycles. The number of nitrogens with one attached hydrogen (secondary N) is 1. The molecule has 0 aromatic heterocycles. The summed E-state index contributed by atoms with van der Waals surface area (Å²) < 4.78 is 10.6. The van der Waals surface area contributed by atoms with Crippen molar-refractivity contribution in [2.45, 2.75) is 12.8 Å². The molecule has 0 saturated carbocycles. The summed E-state index contributed by atoms with van der Waals surface area (Å²) in [6.45, 7) is 1.40. The predicted molar refractivity (Wildman–Crippen MR) is 85.0 cm³/mol. The standard InChI is InChI=1S/C17H20N2O4/c1-18-17(21)13-3-2-8-19(10-13)16(20)7-5-12-4-6-14-15(9-12)23-11-22-14/h4-7,9,13H,2-3,8,10-11H2,1H3,(H,18,21)/b7-5-/t13-/m1/s1. The largest absolute Gasteiger partial charge is 0.454 e. The molecule has 1 N–H and O–H groups in total. The summed E-state index contributed by atoms with van der Waals surface area (Å²) in [6, 6.07) is 5.55. The smallest absolute Gasteiger partial charge is 0.246 e. The molecule has 0 spiro atoms. The molecule has 1 atom stereocenters. The Balaban J connectivity index is 1.63. The predicted octanol–water partition coefficient (Wildman–Crippen LogP) is 1.41. The van der Waals surface area contributed by atoms with Gasteiger partial charge in [0.15, 0.2) is 11.5 Å². The van der Waals surface area contributed by atoms with Crippen LogP contribution in [0, 0.1) is 5.92 Å². The molecule has 2 aliphatic heterocycles. The van der Waals surface area contributed by atoms with Crippen LogP contribution in [0.3, 0.4) is 0 Å². The summed E-state index contributed by atoms with van der Waals surface area (Å²) >= 11 is 0. The van der Waals surface area contributed by atoms with E-state index in [9.17, 15) is 9.59 Å². The molecule has 0 bridgehead atoms. The summed E-state index contributed by atoms with van der Waals surface area (Å²) in [5.74, 6) is 1.23. The Bertz CT molecular complexity index is 641. The molecule has 0 radical (unpaired) electrons. The maximum atomic E-state index is 12.3. The third-order valence-electron chi connectivity index (χ3n) is 4.17. The second-order valence-corrected chi connectivity index (χ2v) is 5.68. The van der Waals surface area contributed by atoms with Gasteiger partial charge in [-0.25, -0.2) is 0 Å². The minimum Gasteiger partial charge on any atom is -0.454 e. The summed E-state index contributed by atoms with van der Waals surface area (Å²) in [5, 5.41) is 2.66. The molecular weight excluding hydrogens is 296 g/mol. The number of fused-ring (bicyclic) bond motifs is 1. The lowest BCUT2D eigenvalue weighted by atomic mass is 9.97. The molecule has 1 saturated heterocycles. The van der Waals surface area contributed by atoms with Crippen molar-refractivity contribution >= 4 is 17.9 Å². The highest BCUT2D eigenvalue weighted by Gasteiger charge is 2.26. The number of carbonyl (C=O) groups is 2. The van der Waals surface area contributed by atoms with Crippen LogP contribution in [0.5, 0.6) is 11.5 Å². The highest BCUT2D eigenvalue weighted by molar-refractivity contribution is 5.92. The molecule has 23 heavy (non-hydrogen) atoms. The minimum absolute atomic E-state index is 0.00208. The van der Waals surface area contributed by atoms with Gasteiger partial charge in [-0.05, 0) is 36.6 Å². The third kappa shape index (κ3) is 3.47. The average Bonchev–Trinajstić information content (AvgIpc) is 3.06. The van der Waals surface area contributed by atoms with Crippen LogP contribution in [0.2, 0.25) is 0 Å². The topological polar surface area (TPSA) is 67.9 Å². The van der Waals surface area contributed by atoms with Crippen LogP contribution in [0.15, 0.2) is 24.3 Å². The van der Waals surface area contributed by atoms with Gasteiger partial charge in [0.1, 0.15) is 0 Å². The van der Waals surface area contributed by atoms with Crippen LogP contribution in [-0.4, -0.2) is 43.6 Å². The van der Waals surface area contributed by atoms with Crippen molar-refractivity contribution in [2.24, 2.45) is 5.92 Å². The van der Waals surface area contributed by atoms with E-state index >= 15 is 0 Å². The Kier molecular flexibility index (Phi) is 4.50. The zero-order valence-electron chi connectivity index (χ0n) is 13.1. The molecule has 2 amide bonds. The van der Waals surface area contributed by atoms with E-state index in [0.29, 0.717) is 18.8 Å². The fourth-order valence-corrected chi connectivity index (χ4v) is 2.89. The highest BCUT2D eigenvalue weighted by Crippen LogP contribution is 2.32. The molecular formula is C17H20N2O4. The van der Waals surface area contributed by atoms with E-state index in [4.69, 9.17) is 9.47 Å². The summed E-state index contributed by atoms with van der Waals surface area (Å²) in [7, 11) is 1.63. The van der Waals surface area contributed by atoms with Crippen molar-refractivity contribution in [1.29, 1.82) is 0 Å². The number of carbonyl (C=O) groups excluding carboxylic acids is 2. The SMILES string of the molecule is CNC(=O)[C@@H]1CCCN(C(=O)/C=C\c2ccc3c(c2)OCO3)C1. The fraction of sp³-hybridized carbons (Fsp3) is 0.412. The maximum Gasteiger partial charge on any atom is 0.246 e. The number of hydrogen-bond acceptors (Lipinski definition) is 4. The monoisotopic (exact) mass is 316 g/mol. The maximum absolute atomic E-state index is 12.3. The first-order chi connectivity index (χ1) is 11.2. The summed E-state index contributed by atoms with van der Waals surface area (Å²) in [6.07, 6.45) is 4.98. The first kappa shape index (κ1) is 15.4. The molecule has 1 aromatic rings. The van der Waals surface area contributed by atoms with Gasteiger partial charge in [0.25, 0.3) is 0 Å². The zero-order valence-corrected chi connectivity index (χ0v) is 13.1. The third-order valence-corrected chi connectivity index (χ3v) is 4.17. The number of nitrogens with zero attached hydrogens (tertiary/aromatic N) is 1. The van der Waals surface area contributed by atoms with Crippen molar-refractivity contribution in [3.05, 3.63) is 29.8 Å². The Morgan fingerprint density at radius 3 is 2.96 bits per heavy atom. The fourth-order valence-electron chi connectivity index (χ4n) is 2.89. The summed E-state index contributed by atoms with van der Waals surface area (Å²) in [4.78, 5) is 25.8. The lowest BCUT2D eigenvalue weighted by molar-refractivity contribution is -0.131. The van der Waals surface area contributed by atoms with E-state index in [-0.39, 0.29) is 24.5 Å². The molecule has 3 rings (SSSR count). The van der Waals surface area contributed by atoms with Gasteiger partial charge >= 0.3 is 0 Å². The van der Waals surface area contributed by atoms with Gasteiger partial charge in [0.05, 0.1) is 5.92 Å². The molecule has 1 fully saturated rings. The van der Waals surface area contributed by atoms with Gasteiger partial charge in [0.2, 0.25) is 18.6 Å². The number of benzene rings is 1. The van der Waals surface area contributed by atoms with Crippen molar-refractivity contribution in [3.8, 4) is 11.5 Å². The molecule has 0 unspecified atom stereocenters. The Labute approximate surface area is 135 Å². The van der Waals surface area contributed by atoms with Crippen LogP contribution in [0.1, 0.15) is 18.4 Å². The second kappa shape index (κ2) is 6.73. The van der Waals surface area contributed by atoms with Crippen molar-refractivity contribution in [1.82, 2.24) is 10.2 Å². The number of hydrogen-bond donors (Lipinski definition) is 1. The quantitative estimate of drug-likeness (QED) is 0.856. The van der Waals surface area contributed by atoms with Crippen molar-refractivity contribution in [2.75, 3.05) is 26.9 Å². The van der Waals surface area contributed by atoms with Gasteiger partial charge < -0.3 is 19.7 Å². The van der Waals surface area contributed by atoms with E-state index < -0.39 is 0 Å². The van der Waals surface area contributed by atoms with E-state index in [0.717, 1.165) is 24.2 Å². The van der Waals surface area contributed by atoms with Gasteiger partial charge in [-0.15, -0.1) is 0 Å². The second-order valence-electron chi connectivity index (χ2n) is 5.68. The van der Waals surface area contributed by atoms with Crippen LogP contribution < -0.4 is 14.8 Å². The van der Waals surface area contributed by atoms with Gasteiger partial charge in [0, 0.05) is 26.2 Å². The Hall–Kier alpha value is -2.50. The highest BCUT2D eigenvalue weighted by atomic mass is 16.7. The number of piperidine rings is 1. The average molecular weight is 316 g/mol. The van der Waals surface area contributed by atoms with Crippen molar-refractivity contribution < 1.29 is 19.1 Å². The Morgan fingerprint density at radius 2 is 2.13 bits per heavy atom. The Morgan fingerprint density at radius 1 is 1.30 bits per heavy atom. The van der Waals surface area contributed by atoms with Gasteiger partial charge in [-0.3, -0.25) is 9.59 Å². The molecule has 1 aromatic carbocycles. The summed E-state index contributed by atoms with van der Waals surface area (Å²) in [5.41, 5.74) is 0.877.